The first-order valence-corrected chi connectivity index (χ1v) is 14.1. The molecule has 3 unspecified atom stereocenters. The van der Waals surface area contributed by atoms with Crippen molar-refractivity contribution >= 4 is 29.1 Å². The molecule has 1 saturated heterocycles. The first-order chi connectivity index (χ1) is 19.5. The van der Waals surface area contributed by atoms with Crippen molar-refractivity contribution in [2.24, 2.45) is 5.92 Å². The lowest BCUT2D eigenvalue weighted by Crippen LogP contribution is -2.57. The highest BCUT2D eigenvalue weighted by Gasteiger charge is 2.48. The zero-order chi connectivity index (χ0) is 27.8. The predicted molar refractivity (Wildman–Crippen MR) is 156 cm³/mol. The topological polar surface area (TPSA) is 76.7 Å². The first-order valence-electron chi connectivity index (χ1n) is 14.1. The number of piperazine rings is 1. The van der Waals surface area contributed by atoms with E-state index in [2.05, 4.69) is 43.1 Å². The Hall–Kier alpha value is -4.39. The van der Waals surface area contributed by atoms with Crippen molar-refractivity contribution < 1.29 is 14.4 Å². The molecule has 3 heterocycles. The number of aromatic amines is 1. The predicted octanol–water partition coefficient (Wildman–Crippen LogP) is 5.10. The summed E-state index contributed by atoms with van der Waals surface area (Å²) in [4.78, 5) is 49.0. The number of hydrogen-bond donors (Lipinski definition) is 1. The van der Waals surface area contributed by atoms with Crippen LogP contribution in [0.25, 0.3) is 22.2 Å². The molecule has 1 N–H and O–H groups in total. The molecule has 1 aromatic heterocycles. The molecule has 2 aliphatic heterocycles. The van der Waals surface area contributed by atoms with Crippen LogP contribution >= 0.6 is 0 Å². The molecule has 2 aliphatic rings. The molecule has 0 aliphatic carbocycles. The van der Waals surface area contributed by atoms with Gasteiger partial charge in [0, 0.05) is 48.2 Å². The second-order valence-corrected chi connectivity index (χ2v) is 10.8. The van der Waals surface area contributed by atoms with E-state index in [0.29, 0.717) is 31.7 Å². The number of fused-ring (bicyclic) bond motifs is 2. The Kier molecular flexibility index (Phi) is 6.88. The number of H-pyrrole nitrogens is 1. The Labute approximate surface area is 234 Å². The van der Waals surface area contributed by atoms with Crippen molar-refractivity contribution in [1.82, 2.24) is 19.7 Å². The fourth-order valence-corrected chi connectivity index (χ4v) is 6.29. The number of nitrogens with one attached hydrogen (secondary N) is 1. The molecule has 3 amide bonds. The monoisotopic (exact) mass is 534 g/mol. The van der Waals surface area contributed by atoms with Crippen LogP contribution in [-0.2, 0) is 9.59 Å². The molecule has 204 valence electrons. The molecule has 3 atom stereocenters. The lowest BCUT2D eigenvalue weighted by atomic mass is 9.90. The number of aromatic nitrogens is 1. The van der Waals surface area contributed by atoms with Gasteiger partial charge in [0.2, 0.25) is 12.3 Å². The average molecular weight is 535 g/mol. The van der Waals surface area contributed by atoms with Crippen molar-refractivity contribution in [3.63, 3.8) is 0 Å². The molecule has 1 fully saturated rings. The summed E-state index contributed by atoms with van der Waals surface area (Å²) in [5, 5.41) is 1.04. The van der Waals surface area contributed by atoms with Crippen LogP contribution in [0.1, 0.15) is 47.8 Å². The van der Waals surface area contributed by atoms with Gasteiger partial charge in [0.05, 0.1) is 11.7 Å². The molecule has 4 aromatic rings. The molecule has 0 radical (unpaired) electrons. The highest BCUT2D eigenvalue weighted by Crippen LogP contribution is 2.47. The summed E-state index contributed by atoms with van der Waals surface area (Å²) in [7, 11) is 0. The van der Waals surface area contributed by atoms with Crippen molar-refractivity contribution in [3.8, 4) is 11.3 Å². The number of amides is 3. The summed E-state index contributed by atoms with van der Waals surface area (Å²) in [6.07, 6.45) is 1.59. The molecule has 7 heteroatoms. The van der Waals surface area contributed by atoms with Gasteiger partial charge in [0.1, 0.15) is 6.04 Å². The third kappa shape index (κ3) is 4.26. The van der Waals surface area contributed by atoms with Crippen molar-refractivity contribution in [3.05, 3.63) is 95.6 Å². The Morgan fingerprint density at radius 1 is 0.950 bits per heavy atom. The minimum absolute atomic E-state index is 0.0489. The second kappa shape index (κ2) is 10.6. The van der Waals surface area contributed by atoms with E-state index in [9.17, 15) is 14.4 Å². The van der Waals surface area contributed by atoms with Gasteiger partial charge in [-0.3, -0.25) is 14.4 Å². The average Bonchev–Trinajstić information content (AvgIpc) is 3.52. The lowest BCUT2D eigenvalue weighted by molar-refractivity contribution is -0.141. The SMILES string of the molecule is CCC(C)C(C(=O)N1CCN(C=O)CC1)N1C(=O)c2ccccc2C1c1c(-c2ccccc2)[nH]c2ccccc12. The highest BCUT2D eigenvalue weighted by atomic mass is 16.2. The summed E-state index contributed by atoms with van der Waals surface area (Å²) in [5.74, 6) is -0.232. The van der Waals surface area contributed by atoms with E-state index in [0.717, 1.165) is 46.1 Å². The molecule has 0 saturated carbocycles. The third-order valence-corrected chi connectivity index (χ3v) is 8.59. The summed E-state index contributed by atoms with van der Waals surface area (Å²) in [6.45, 7) is 6.06. The van der Waals surface area contributed by atoms with E-state index in [1.54, 1.807) is 4.90 Å². The van der Waals surface area contributed by atoms with Gasteiger partial charge in [-0.05, 0) is 29.2 Å². The largest absolute Gasteiger partial charge is 0.354 e. The Bertz CT molecular complexity index is 1550. The van der Waals surface area contributed by atoms with E-state index in [4.69, 9.17) is 0 Å². The minimum atomic E-state index is -0.644. The van der Waals surface area contributed by atoms with Gasteiger partial charge in [-0.1, -0.05) is 87.0 Å². The Morgan fingerprint density at radius 2 is 1.62 bits per heavy atom. The van der Waals surface area contributed by atoms with Crippen LogP contribution < -0.4 is 0 Å². The maximum absolute atomic E-state index is 14.3. The standard InChI is InChI=1S/C33H34N4O3/c1-3-22(2)30(33(40)36-19-17-35(21-38)18-20-36)37-31(24-13-7-8-14-25(24)32(37)39)28-26-15-9-10-16-27(26)34-29(28)23-11-5-4-6-12-23/h4-16,21-22,30-31,34H,3,17-20H2,1-2H3. The van der Waals surface area contributed by atoms with Crippen LogP contribution in [0.4, 0.5) is 0 Å². The number of rotatable bonds is 7. The van der Waals surface area contributed by atoms with Crippen molar-refractivity contribution in [2.75, 3.05) is 26.2 Å². The van der Waals surface area contributed by atoms with E-state index >= 15 is 0 Å². The summed E-state index contributed by atoms with van der Waals surface area (Å²) in [6, 6.07) is 25.0. The van der Waals surface area contributed by atoms with Crippen LogP contribution in [0, 0.1) is 5.92 Å². The molecule has 7 nitrogen and oxygen atoms in total. The van der Waals surface area contributed by atoms with Gasteiger partial charge >= 0.3 is 0 Å². The Morgan fingerprint density at radius 3 is 2.35 bits per heavy atom. The minimum Gasteiger partial charge on any atom is -0.354 e. The highest BCUT2D eigenvalue weighted by molar-refractivity contribution is 6.04. The smallest absolute Gasteiger partial charge is 0.255 e. The Balaban J connectivity index is 1.54. The van der Waals surface area contributed by atoms with E-state index in [1.807, 2.05) is 64.4 Å². The van der Waals surface area contributed by atoms with Gasteiger partial charge in [0.15, 0.2) is 0 Å². The number of benzene rings is 3. The number of para-hydroxylation sites is 1. The van der Waals surface area contributed by atoms with Crippen LogP contribution in [0.3, 0.4) is 0 Å². The van der Waals surface area contributed by atoms with Crippen molar-refractivity contribution in [1.29, 1.82) is 0 Å². The van der Waals surface area contributed by atoms with E-state index < -0.39 is 12.1 Å². The van der Waals surface area contributed by atoms with Crippen LogP contribution in [0.15, 0.2) is 78.9 Å². The van der Waals surface area contributed by atoms with Crippen LogP contribution in [-0.4, -0.2) is 70.1 Å². The zero-order valence-electron chi connectivity index (χ0n) is 22.9. The fraction of sp³-hybridized carbons (Fsp3) is 0.303. The quantitative estimate of drug-likeness (QED) is 0.336. The van der Waals surface area contributed by atoms with Crippen LogP contribution in [0.5, 0.6) is 0 Å². The summed E-state index contributed by atoms with van der Waals surface area (Å²) < 4.78 is 0. The molecule has 0 bridgehead atoms. The van der Waals surface area contributed by atoms with Gasteiger partial charge < -0.3 is 19.7 Å². The summed E-state index contributed by atoms with van der Waals surface area (Å²) >= 11 is 0. The van der Waals surface area contributed by atoms with Gasteiger partial charge in [-0.2, -0.15) is 0 Å². The maximum Gasteiger partial charge on any atom is 0.255 e. The first kappa shape index (κ1) is 25.9. The maximum atomic E-state index is 14.3. The zero-order valence-corrected chi connectivity index (χ0v) is 22.9. The number of carbonyl (C=O) groups is 3. The second-order valence-electron chi connectivity index (χ2n) is 10.8. The number of nitrogens with zero attached hydrogens (tertiary/aromatic N) is 3. The summed E-state index contributed by atoms with van der Waals surface area (Å²) in [5.41, 5.74) is 5.54. The van der Waals surface area contributed by atoms with E-state index in [1.165, 1.54) is 0 Å². The van der Waals surface area contributed by atoms with Crippen LogP contribution in [0.2, 0.25) is 0 Å². The molecule has 40 heavy (non-hydrogen) atoms. The third-order valence-electron chi connectivity index (χ3n) is 8.59. The number of hydrogen-bond acceptors (Lipinski definition) is 3. The molecule has 0 spiro atoms. The van der Waals surface area contributed by atoms with E-state index in [-0.39, 0.29) is 17.7 Å². The van der Waals surface area contributed by atoms with Gasteiger partial charge in [-0.15, -0.1) is 0 Å². The fourth-order valence-electron chi connectivity index (χ4n) is 6.29. The normalized spacial score (nSPS) is 18.6. The number of carbonyl (C=O) groups excluding carboxylic acids is 3. The molecular formula is C33H34N4O3. The molecule has 3 aromatic carbocycles. The van der Waals surface area contributed by atoms with Gasteiger partial charge in [0.25, 0.3) is 5.91 Å². The van der Waals surface area contributed by atoms with Gasteiger partial charge in [-0.25, -0.2) is 0 Å². The molecular weight excluding hydrogens is 500 g/mol. The molecule has 6 rings (SSSR count). The lowest BCUT2D eigenvalue weighted by Gasteiger charge is -2.41. The van der Waals surface area contributed by atoms with Crippen molar-refractivity contribution in [2.45, 2.75) is 32.4 Å².